The Morgan fingerprint density at radius 1 is 1.33 bits per heavy atom. The number of nitrogens with two attached hydrogens (primary N) is 1. The molecule has 7 heteroatoms. The second-order valence-corrected chi connectivity index (χ2v) is 4.61. The first-order chi connectivity index (χ1) is 8.36. The summed E-state index contributed by atoms with van der Waals surface area (Å²) in [6.07, 6.45) is -2.71. The molecule has 1 heterocycles. The molecule has 0 unspecified atom stereocenters. The third-order valence-corrected chi connectivity index (χ3v) is 2.95. The molecule has 0 amide bonds. The van der Waals surface area contributed by atoms with Gasteiger partial charge in [-0.1, -0.05) is 12.1 Å². The monoisotopic (exact) mass is 319 g/mol. The molecule has 0 fully saturated rings. The van der Waals surface area contributed by atoms with Crippen molar-refractivity contribution < 1.29 is 13.2 Å². The summed E-state index contributed by atoms with van der Waals surface area (Å²) < 4.78 is 39.7. The number of aromatic nitrogens is 2. The Bertz CT molecular complexity index is 543. The van der Waals surface area contributed by atoms with Gasteiger partial charge in [-0.2, -0.15) is 18.3 Å². The predicted octanol–water partition coefficient (Wildman–Crippen LogP) is 3.29. The van der Waals surface area contributed by atoms with Crippen molar-refractivity contribution in [3.63, 3.8) is 0 Å². The molecule has 1 aromatic heterocycles. The Balaban J connectivity index is 2.24. The van der Waals surface area contributed by atoms with Crippen molar-refractivity contribution in [2.75, 3.05) is 5.73 Å². The van der Waals surface area contributed by atoms with Crippen molar-refractivity contribution >= 4 is 21.7 Å². The van der Waals surface area contributed by atoms with Gasteiger partial charge in [0.2, 0.25) is 0 Å². The van der Waals surface area contributed by atoms with E-state index in [4.69, 9.17) is 5.73 Å². The number of anilines is 1. The molecule has 0 atom stereocenters. The molecule has 0 bridgehead atoms. The van der Waals surface area contributed by atoms with Crippen LogP contribution >= 0.6 is 15.9 Å². The lowest BCUT2D eigenvalue weighted by Crippen LogP contribution is -2.07. The van der Waals surface area contributed by atoms with Crippen molar-refractivity contribution in [1.29, 1.82) is 0 Å². The van der Waals surface area contributed by atoms with Crippen LogP contribution in [0.1, 0.15) is 11.1 Å². The van der Waals surface area contributed by atoms with E-state index in [1.165, 1.54) is 10.7 Å². The van der Waals surface area contributed by atoms with E-state index in [0.29, 0.717) is 15.9 Å². The molecular formula is C11H9BrF3N3. The number of hydrogen-bond donors (Lipinski definition) is 1. The van der Waals surface area contributed by atoms with E-state index in [1.54, 1.807) is 12.3 Å². The first-order valence-corrected chi connectivity index (χ1v) is 5.80. The molecule has 0 aliphatic rings. The molecule has 0 aliphatic carbocycles. The molecule has 18 heavy (non-hydrogen) atoms. The third kappa shape index (κ3) is 2.84. The van der Waals surface area contributed by atoms with Gasteiger partial charge in [-0.3, -0.25) is 4.68 Å². The minimum atomic E-state index is -4.33. The van der Waals surface area contributed by atoms with Gasteiger partial charge in [0, 0.05) is 6.20 Å². The summed E-state index contributed by atoms with van der Waals surface area (Å²) in [5, 5.41) is 3.96. The van der Waals surface area contributed by atoms with Gasteiger partial charge in [0.05, 0.1) is 16.6 Å². The molecule has 0 aliphatic heterocycles. The standard InChI is InChI=1S/C11H9BrF3N3/c12-9-6-18(17-10(9)16)5-7-2-1-3-8(4-7)11(13,14)15/h1-4,6H,5H2,(H2,16,17). The average Bonchev–Trinajstić information content (AvgIpc) is 2.57. The van der Waals surface area contributed by atoms with Gasteiger partial charge < -0.3 is 5.73 Å². The molecule has 0 saturated carbocycles. The molecule has 96 valence electrons. The van der Waals surface area contributed by atoms with Crippen molar-refractivity contribution in [1.82, 2.24) is 9.78 Å². The second kappa shape index (κ2) is 4.64. The third-order valence-electron chi connectivity index (χ3n) is 2.34. The topological polar surface area (TPSA) is 43.8 Å². The number of rotatable bonds is 2. The van der Waals surface area contributed by atoms with E-state index in [9.17, 15) is 13.2 Å². The van der Waals surface area contributed by atoms with Gasteiger partial charge in [0.1, 0.15) is 0 Å². The van der Waals surface area contributed by atoms with Gasteiger partial charge in [-0.15, -0.1) is 0 Å². The molecule has 2 N–H and O–H groups in total. The summed E-state index contributed by atoms with van der Waals surface area (Å²) >= 11 is 3.19. The van der Waals surface area contributed by atoms with Crippen molar-refractivity contribution in [2.45, 2.75) is 12.7 Å². The SMILES string of the molecule is Nc1nn(Cc2cccc(C(F)(F)F)c2)cc1Br. The normalized spacial score (nSPS) is 11.8. The van der Waals surface area contributed by atoms with Crippen molar-refractivity contribution in [2.24, 2.45) is 0 Å². The lowest BCUT2D eigenvalue weighted by atomic mass is 10.1. The number of benzene rings is 1. The number of alkyl halides is 3. The van der Waals surface area contributed by atoms with Crippen LogP contribution in [0, 0.1) is 0 Å². The molecule has 0 spiro atoms. The Morgan fingerprint density at radius 3 is 2.61 bits per heavy atom. The number of hydrogen-bond acceptors (Lipinski definition) is 2. The van der Waals surface area contributed by atoms with E-state index < -0.39 is 11.7 Å². The van der Waals surface area contributed by atoms with E-state index in [0.717, 1.165) is 12.1 Å². The molecule has 2 aromatic rings. The summed E-state index contributed by atoms with van der Waals surface area (Å²) in [6, 6.07) is 5.13. The van der Waals surface area contributed by atoms with Gasteiger partial charge in [-0.05, 0) is 33.6 Å². The van der Waals surface area contributed by atoms with Gasteiger partial charge in [0.25, 0.3) is 0 Å². The minimum absolute atomic E-state index is 0.236. The summed E-state index contributed by atoms with van der Waals surface area (Å²) in [6.45, 7) is 0.236. The van der Waals surface area contributed by atoms with Crippen molar-refractivity contribution in [3.8, 4) is 0 Å². The Kier molecular flexibility index (Phi) is 3.34. The zero-order valence-corrected chi connectivity index (χ0v) is 10.7. The van der Waals surface area contributed by atoms with Crippen LogP contribution in [0.25, 0.3) is 0 Å². The van der Waals surface area contributed by atoms with Crippen LogP contribution in [0.4, 0.5) is 19.0 Å². The first kappa shape index (κ1) is 12.9. The Hall–Kier alpha value is -1.50. The first-order valence-electron chi connectivity index (χ1n) is 5.01. The number of halogens is 4. The largest absolute Gasteiger partial charge is 0.416 e. The van der Waals surface area contributed by atoms with Gasteiger partial charge in [0.15, 0.2) is 5.82 Å². The lowest BCUT2D eigenvalue weighted by Gasteiger charge is -2.08. The van der Waals surface area contributed by atoms with Crippen LogP contribution in [0.5, 0.6) is 0 Å². The number of nitrogens with zero attached hydrogens (tertiary/aromatic N) is 2. The van der Waals surface area contributed by atoms with Crippen LogP contribution in [0.15, 0.2) is 34.9 Å². The molecule has 3 nitrogen and oxygen atoms in total. The summed E-state index contributed by atoms with van der Waals surface area (Å²) in [7, 11) is 0. The van der Waals surface area contributed by atoms with Crippen LogP contribution in [0.3, 0.4) is 0 Å². The maximum absolute atomic E-state index is 12.5. The van der Waals surface area contributed by atoms with E-state index in [2.05, 4.69) is 21.0 Å². The molecule has 0 saturated heterocycles. The van der Waals surface area contributed by atoms with Gasteiger partial charge >= 0.3 is 6.18 Å². The van der Waals surface area contributed by atoms with Crippen LogP contribution < -0.4 is 5.73 Å². The smallest absolute Gasteiger partial charge is 0.381 e. The van der Waals surface area contributed by atoms with E-state index in [1.807, 2.05) is 0 Å². The fraction of sp³-hybridized carbons (Fsp3) is 0.182. The quantitative estimate of drug-likeness (QED) is 0.923. The highest BCUT2D eigenvalue weighted by molar-refractivity contribution is 9.10. The van der Waals surface area contributed by atoms with Crippen LogP contribution in [0.2, 0.25) is 0 Å². The van der Waals surface area contributed by atoms with E-state index >= 15 is 0 Å². The van der Waals surface area contributed by atoms with Crippen molar-refractivity contribution in [3.05, 3.63) is 46.1 Å². The molecule has 2 rings (SSSR count). The van der Waals surface area contributed by atoms with E-state index in [-0.39, 0.29) is 6.54 Å². The highest BCUT2D eigenvalue weighted by Crippen LogP contribution is 2.29. The fourth-order valence-electron chi connectivity index (χ4n) is 1.53. The molecular weight excluding hydrogens is 311 g/mol. The molecule has 0 radical (unpaired) electrons. The zero-order chi connectivity index (χ0) is 13.3. The zero-order valence-electron chi connectivity index (χ0n) is 9.08. The minimum Gasteiger partial charge on any atom is -0.381 e. The summed E-state index contributed by atoms with van der Waals surface area (Å²) in [4.78, 5) is 0. The summed E-state index contributed by atoms with van der Waals surface area (Å²) in [5.41, 5.74) is 5.38. The average molecular weight is 320 g/mol. The predicted molar refractivity (Wildman–Crippen MR) is 64.9 cm³/mol. The van der Waals surface area contributed by atoms with Crippen LogP contribution in [-0.2, 0) is 12.7 Å². The molecule has 1 aromatic carbocycles. The maximum atomic E-state index is 12.5. The van der Waals surface area contributed by atoms with Gasteiger partial charge in [-0.25, -0.2) is 0 Å². The maximum Gasteiger partial charge on any atom is 0.416 e. The highest BCUT2D eigenvalue weighted by atomic mass is 79.9. The second-order valence-electron chi connectivity index (χ2n) is 3.76. The summed E-state index contributed by atoms with van der Waals surface area (Å²) in [5.74, 6) is 0.307. The van der Waals surface area contributed by atoms with Crippen LogP contribution in [-0.4, -0.2) is 9.78 Å². The highest BCUT2D eigenvalue weighted by Gasteiger charge is 2.30. The Labute approximate surface area is 110 Å². The number of nitrogen functional groups attached to an aromatic ring is 1. The Morgan fingerprint density at radius 2 is 2.06 bits per heavy atom. The fourth-order valence-corrected chi connectivity index (χ4v) is 1.84. The lowest BCUT2D eigenvalue weighted by molar-refractivity contribution is -0.137.